The molecule has 2 nitrogen and oxygen atoms in total. The van der Waals surface area contributed by atoms with E-state index in [9.17, 15) is 0 Å². The highest BCUT2D eigenvalue weighted by atomic mass is 15.2. The molecule has 1 fully saturated rings. The van der Waals surface area contributed by atoms with Crippen LogP contribution in [0.5, 0.6) is 0 Å². The van der Waals surface area contributed by atoms with E-state index in [-0.39, 0.29) is 0 Å². The third-order valence-corrected chi connectivity index (χ3v) is 3.12. The van der Waals surface area contributed by atoms with E-state index in [0.717, 1.165) is 12.6 Å². The molecule has 0 aliphatic heterocycles. The van der Waals surface area contributed by atoms with Crippen molar-refractivity contribution in [3.05, 3.63) is 0 Å². The van der Waals surface area contributed by atoms with Crippen LogP contribution in [0.15, 0.2) is 0 Å². The van der Waals surface area contributed by atoms with Gasteiger partial charge in [0.05, 0.1) is 0 Å². The molecule has 1 N–H and O–H groups in total. The van der Waals surface area contributed by atoms with Crippen molar-refractivity contribution in [1.82, 2.24) is 10.2 Å². The SMILES string of the molecule is CCCCC(C)NCCN(C)C1CC1. The topological polar surface area (TPSA) is 15.3 Å². The summed E-state index contributed by atoms with van der Waals surface area (Å²) in [5, 5.41) is 3.59. The van der Waals surface area contributed by atoms with Gasteiger partial charge in [-0.15, -0.1) is 0 Å². The highest BCUT2D eigenvalue weighted by molar-refractivity contribution is 4.82. The van der Waals surface area contributed by atoms with Crippen LogP contribution in [-0.2, 0) is 0 Å². The molecule has 0 heterocycles. The van der Waals surface area contributed by atoms with Gasteiger partial charge in [0.25, 0.3) is 0 Å². The van der Waals surface area contributed by atoms with Crippen LogP contribution in [0.3, 0.4) is 0 Å². The molecule has 84 valence electrons. The molecule has 1 aliphatic rings. The molecule has 0 radical (unpaired) electrons. The van der Waals surface area contributed by atoms with Gasteiger partial charge in [-0.2, -0.15) is 0 Å². The first-order valence-corrected chi connectivity index (χ1v) is 6.17. The highest BCUT2D eigenvalue weighted by Crippen LogP contribution is 2.24. The summed E-state index contributed by atoms with van der Waals surface area (Å²) in [4.78, 5) is 2.49. The van der Waals surface area contributed by atoms with Crippen molar-refractivity contribution < 1.29 is 0 Å². The van der Waals surface area contributed by atoms with Crippen molar-refractivity contribution in [2.75, 3.05) is 20.1 Å². The van der Waals surface area contributed by atoms with Crippen LogP contribution in [0.25, 0.3) is 0 Å². The van der Waals surface area contributed by atoms with Crippen LogP contribution in [0, 0.1) is 0 Å². The lowest BCUT2D eigenvalue weighted by molar-refractivity contribution is 0.313. The predicted octanol–water partition coefficient (Wildman–Crippen LogP) is 2.25. The Morgan fingerprint density at radius 2 is 2.14 bits per heavy atom. The Morgan fingerprint density at radius 1 is 1.43 bits per heavy atom. The monoisotopic (exact) mass is 198 g/mol. The summed E-state index contributed by atoms with van der Waals surface area (Å²) < 4.78 is 0. The number of rotatable bonds is 8. The Bertz CT molecular complexity index is 143. The quantitative estimate of drug-likeness (QED) is 0.643. The standard InChI is InChI=1S/C12H26N2/c1-4-5-6-11(2)13-9-10-14(3)12-7-8-12/h11-13H,4-10H2,1-3H3. The number of unbranched alkanes of at least 4 members (excludes halogenated alkanes) is 1. The second-order valence-electron chi connectivity index (χ2n) is 4.71. The van der Waals surface area contributed by atoms with Crippen LogP contribution in [-0.4, -0.2) is 37.1 Å². The van der Waals surface area contributed by atoms with Gasteiger partial charge in [-0.05, 0) is 33.2 Å². The van der Waals surface area contributed by atoms with Crippen LogP contribution in [0.4, 0.5) is 0 Å². The molecule has 0 aromatic carbocycles. The largest absolute Gasteiger partial charge is 0.313 e. The molecular formula is C12H26N2. The zero-order valence-electron chi connectivity index (χ0n) is 10.1. The zero-order chi connectivity index (χ0) is 10.4. The molecule has 1 aliphatic carbocycles. The average molecular weight is 198 g/mol. The minimum absolute atomic E-state index is 0.697. The van der Waals surface area contributed by atoms with Gasteiger partial charge in [0.1, 0.15) is 0 Å². The van der Waals surface area contributed by atoms with Gasteiger partial charge in [-0.1, -0.05) is 19.8 Å². The van der Waals surface area contributed by atoms with Gasteiger partial charge in [0.2, 0.25) is 0 Å². The van der Waals surface area contributed by atoms with Crippen molar-refractivity contribution in [2.24, 2.45) is 0 Å². The Kier molecular flexibility index (Phi) is 5.49. The Hall–Kier alpha value is -0.0800. The van der Waals surface area contributed by atoms with Crippen LogP contribution >= 0.6 is 0 Å². The number of likely N-dealkylation sites (N-methyl/N-ethyl adjacent to an activating group) is 1. The fourth-order valence-corrected chi connectivity index (χ4v) is 1.80. The lowest BCUT2D eigenvalue weighted by Crippen LogP contribution is -2.35. The Morgan fingerprint density at radius 3 is 2.71 bits per heavy atom. The Balaban J connectivity index is 1.91. The second kappa shape index (κ2) is 6.41. The first kappa shape index (κ1) is 12.0. The molecule has 0 amide bonds. The maximum absolute atomic E-state index is 3.59. The molecule has 14 heavy (non-hydrogen) atoms. The number of nitrogens with zero attached hydrogens (tertiary/aromatic N) is 1. The maximum Gasteiger partial charge on any atom is 0.0107 e. The summed E-state index contributed by atoms with van der Waals surface area (Å²) >= 11 is 0. The van der Waals surface area contributed by atoms with E-state index < -0.39 is 0 Å². The minimum Gasteiger partial charge on any atom is -0.313 e. The van der Waals surface area contributed by atoms with Crippen LogP contribution in [0.2, 0.25) is 0 Å². The smallest absolute Gasteiger partial charge is 0.0107 e. The van der Waals surface area contributed by atoms with Crippen LogP contribution < -0.4 is 5.32 Å². The van der Waals surface area contributed by atoms with E-state index in [1.54, 1.807) is 0 Å². The Labute approximate surface area is 89.1 Å². The zero-order valence-corrected chi connectivity index (χ0v) is 10.1. The van der Waals surface area contributed by atoms with Gasteiger partial charge in [-0.3, -0.25) is 0 Å². The third-order valence-electron chi connectivity index (χ3n) is 3.12. The lowest BCUT2D eigenvalue weighted by atomic mass is 10.1. The van der Waals surface area contributed by atoms with E-state index in [1.165, 1.54) is 38.6 Å². The lowest BCUT2D eigenvalue weighted by Gasteiger charge is -2.18. The molecule has 0 spiro atoms. The molecule has 1 saturated carbocycles. The maximum atomic E-state index is 3.59. The summed E-state index contributed by atoms with van der Waals surface area (Å²) in [6.45, 7) is 6.92. The second-order valence-corrected chi connectivity index (χ2v) is 4.71. The molecule has 0 aromatic rings. The third kappa shape index (κ3) is 4.97. The van der Waals surface area contributed by atoms with Crippen molar-refractivity contribution in [3.8, 4) is 0 Å². The minimum atomic E-state index is 0.697. The van der Waals surface area contributed by atoms with Gasteiger partial charge >= 0.3 is 0 Å². The van der Waals surface area contributed by atoms with Gasteiger partial charge in [-0.25, -0.2) is 0 Å². The van der Waals surface area contributed by atoms with Crippen molar-refractivity contribution in [3.63, 3.8) is 0 Å². The van der Waals surface area contributed by atoms with Crippen molar-refractivity contribution in [1.29, 1.82) is 0 Å². The summed E-state index contributed by atoms with van der Waals surface area (Å²) in [5.41, 5.74) is 0. The normalized spacial score (nSPS) is 18.9. The molecule has 0 saturated heterocycles. The number of hydrogen-bond acceptors (Lipinski definition) is 2. The summed E-state index contributed by atoms with van der Waals surface area (Å²) in [5.74, 6) is 0. The van der Waals surface area contributed by atoms with Crippen molar-refractivity contribution >= 4 is 0 Å². The summed E-state index contributed by atoms with van der Waals surface area (Å²) in [6, 6.07) is 1.60. The molecule has 1 atom stereocenters. The fourth-order valence-electron chi connectivity index (χ4n) is 1.80. The van der Waals surface area contributed by atoms with Gasteiger partial charge < -0.3 is 10.2 Å². The summed E-state index contributed by atoms with van der Waals surface area (Å²) in [6.07, 6.45) is 6.83. The van der Waals surface area contributed by atoms with E-state index >= 15 is 0 Å². The van der Waals surface area contributed by atoms with Gasteiger partial charge in [0.15, 0.2) is 0 Å². The van der Waals surface area contributed by atoms with Crippen molar-refractivity contribution in [2.45, 2.75) is 58.0 Å². The first-order chi connectivity index (χ1) is 6.74. The first-order valence-electron chi connectivity index (χ1n) is 6.17. The summed E-state index contributed by atoms with van der Waals surface area (Å²) in [7, 11) is 2.25. The highest BCUT2D eigenvalue weighted by Gasteiger charge is 2.25. The molecule has 0 aromatic heterocycles. The van der Waals surface area contributed by atoms with E-state index in [0.29, 0.717) is 6.04 Å². The predicted molar refractivity (Wildman–Crippen MR) is 62.6 cm³/mol. The molecule has 0 bridgehead atoms. The van der Waals surface area contributed by atoms with E-state index in [4.69, 9.17) is 0 Å². The van der Waals surface area contributed by atoms with E-state index in [2.05, 4.69) is 31.1 Å². The fraction of sp³-hybridized carbons (Fsp3) is 1.00. The molecule has 1 rings (SSSR count). The van der Waals surface area contributed by atoms with E-state index in [1.807, 2.05) is 0 Å². The van der Waals surface area contributed by atoms with Crippen LogP contribution in [0.1, 0.15) is 46.0 Å². The molecule has 2 heteroatoms. The number of hydrogen-bond donors (Lipinski definition) is 1. The average Bonchev–Trinajstić information content (AvgIpc) is 2.97. The number of nitrogens with one attached hydrogen (secondary N) is 1. The molecule has 1 unspecified atom stereocenters. The molecular weight excluding hydrogens is 172 g/mol. The van der Waals surface area contributed by atoms with Gasteiger partial charge in [0, 0.05) is 25.2 Å².